The second-order valence-corrected chi connectivity index (χ2v) is 26.2. The van der Waals surface area contributed by atoms with Gasteiger partial charge in [-0.3, -0.25) is 32.5 Å². The number of ether oxygens (including phenoxy) is 3. The third-order valence-electron chi connectivity index (χ3n) is 14.5. The first-order valence-corrected chi connectivity index (χ1v) is 37.9. The molecular formula is C71H126O16P2. The summed E-state index contributed by atoms with van der Waals surface area (Å²) in [6.45, 7) is 2.51. The predicted octanol–water partition coefficient (Wildman–Crippen LogP) is 19.3. The van der Waals surface area contributed by atoms with E-state index in [1.165, 1.54) is 96.3 Å². The molecule has 4 N–H and O–H groups in total. The van der Waals surface area contributed by atoms with Crippen LogP contribution in [-0.2, 0) is 55.8 Å². The van der Waals surface area contributed by atoms with E-state index in [0.29, 0.717) is 19.3 Å². The van der Waals surface area contributed by atoms with Gasteiger partial charge in [0.05, 0.1) is 26.4 Å². The van der Waals surface area contributed by atoms with Crippen LogP contribution in [0.2, 0.25) is 0 Å². The van der Waals surface area contributed by atoms with E-state index < -0.39 is 91.5 Å². The van der Waals surface area contributed by atoms with Crippen molar-refractivity contribution in [2.75, 3.05) is 39.6 Å². The molecule has 0 aromatic heterocycles. The summed E-state index contributed by atoms with van der Waals surface area (Å²) in [4.78, 5) is 58.2. The number of esters is 3. The van der Waals surface area contributed by atoms with Gasteiger partial charge in [0, 0.05) is 19.3 Å². The van der Waals surface area contributed by atoms with Crippen molar-refractivity contribution in [2.24, 2.45) is 0 Å². The SMILES string of the molecule is CCC/C=C\C/C=C\CCCCCCCC(=O)OCC(COP(=O)(O)OCC(O)COP(=O)(O)OCC(O)COC(=O)CCCCCCCCCCCCCCC/C=C\C/C=C\C/C=C\C/C=C\CCCCC)OC(=O)CCCCCCC/C=C\CCCC. The summed E-state index contributed by atoms with van der Waals surface area (Å²) in [5.41, 5.74) is 0. The van der Waals surface area contributed by atoms with Crippen LogP contribution >= 0.6 is 15.6 Å². The number of aliphatic hydroxyl groups is 2. The molecule has 5 unspecified atom stereocenters. The van der Waals surface area contributed by atoms with Crippen LogP contribution in [0.1, 0.15) is 290 Å². The van der Waals surface area contributed by atoms with Gasteiger partial charge in [0.25, 0.3) is 0 Å². The highest BCUT2D eigenvalue weighted by molar-refractivity contribution is 7.47. The molecule has 0 fully saturated rings. The zero-order valence-electron chi connectivity index (χ0n) is 55.8. The Kier molecular flexibility index (Phi) is 62.4. The van der Waals surface area contributed by atoms with E-state index in [0.717, 1.165) is 135 Å². The highest BCUT2D eigenvalue weighted by Gasteiger charge is 2.29. The van der Waals surface area contributed by atoms with Crippen LogP contribution in [0.25, 0.3) is 0 Å². The van der Waals surface area contributed by atoms with Crippen LogP contribution in [0.3, 0.4) is 0 Å². The molecule has 89 heavy (non-hydrogen) atoms. The van der Waals surface area contributed by atoms with Gasteiger partial charge in [-0.05, 0) is 109 Å². The third kappa shape index (κ3) is 66.0. The van der Waals surface area contributed by atoms with Crippen LogP contribution in [0, 0.1) is 0 Å². The Hall–Kier alpha value is -3.27. The molecule has 0 heterocycles. The number of phosphoric ester groups is 2. The zero-order valence-corrected chi connectivity index (χ0v) is 57.6. The molecule has 0 aliphatic rings. The molecule has 16 nitrogen and oxygen atoms in total. The maximum atomic E-state index is 12.8. The van der Waals surface area contributed by atoms with Crippen molar-refractivity contribution >= 4 is 33.6 Å². The summed E-state index contributed by atoms with van der Waals surface area (Å²) < 4.78 is 60.7. The Labute approximate surface area is 540 Å². The monoisotopic (exact) mass is 1300 g/mol. The lowest BCUT2D eigenvalue weighted by atomic mass is 10.0. The maximum Gasteiger partial charge on any atom is 0.472 e. The first kappa shape index (κ1) is 85.7. The van der Waals surface area contributed by atoms with Gasteiger partial charge in [-0.15, -0.1) is 0 Å². The average Bonchev–Trinajstić information content (AvgIpc) is 3.59. The van der Waals surface area contributed by atoms with Gasteiger partial charge in [0.2, 0.25) is 0 Å². The fourth-order valence-electron chi connectivity index (χ4n) is 9.16. The number of rotatable bonds is 66. The Morgan fingerprint density at radius 1 is 0.315 bits per heavy atom. The van der Waals surface area contributed by atoms with Crippen molar-refractivity contribution in [3.05, 3.63) is 85.1 Å². The zero-order chi connectivity index (χ0) is 65.3. The molecule has 0 aromatic carbocycles. The third-order valence-corrected chi connectivity index (χ3v) is 16.4. The lowest BCUT2D eigenvalue weighted by Gasteiger charge is -2.21. The highest BCUT2D eigenvalue weighted by Crippen LogP contribution is 2.45. The molecule has 0 aliphatic carbocycles. The molecule has 18 heteroatoms. The minimum absolute atomic E-state index is 0.0920. The average molecular weight is 1300 g/mol. The van der Waals surface area contributed by atoms with Gasteiger partial charge in [-0.25, -0.2) is 9.13 Å². The first-order valence-electron chi connectivity index (χ1n) is 34.9. The van der Waals surface area contributed by atoms with Crippen LogP contribution in [-0.4, -0.2) is 95.9 Å². The normalized spacial score (nSPS) is 14.7. The number of phosphoric acid groups is 2. The van der Waals surface area contributed by atoms with Gasteiger partial charge in [0.15, 0.2) is 6.10 Å². The molecule has 0 spiro atoms. The van der Waals surface area contributed by atoms with Crippen molar-refractivity contribution in [3.63, 3.8) is 0 Å². The molecule has 0 aromatic rings. The second-order valence-electron chi connectivity index (χ2n) is 23.3. The van der Waals surface area contributed by atoms with Gasteiger partial charge < -0.3 is 34.2 Å². The fourth-order valence-corrected chi connectivity index (χ4v) is 10.7. The number of hydrogen-bond acceptors (Lipinski definition) is 14. The standard InChI is InChI=1S/C71H126O16P2/c1-4-7-10-13-16-19-22-24-25-26-27-28-29-30-31-32-33-34-35-36-37-38-39-41-44-45-48-51-54-57-69(74)81-60-66(72)61-83-88(77,78)84-62-67(73)63-85-89(79,80)86-65-68(87-71(76)59-56-53-50-47-42-21-18-15-12-9-6-3)64-82-70(75)58-55-52-49-46-43-40-23-20-17-14-11-8-5-2/h11,14-16,18-20,23-25,27-28,30-31,66-68,72-73H,4-10,12-13,17,21-22,26,29,32-65H2,1-3H3,(H,77,78)(H,79,80)/b14-11-,18-15-,19-16-,23-20-,25-24-,28-27-,31-30-. The second kappa shape index (κ2) is 64.8. The Morgan fingerprint density at radius 2 is 0.596 bits per heavy atom. The van der Waals surface area contributed by atoms with E-state index in [1.54, 1.807) is 0 Å². The number of unbranched alkanes of at least 4 members (excludes halogenated alkanes) is 29. The van der Waals surface area contributed by atoms with Crippen molar-refractivity contribution in [3.8, 4) is 0 Å². The van der Waals surface area contributed by atoms with Gasteiger partial charge in [-0.1, -0.05) is 247 Å². The van der Waals surface area contributed by atoms with E-state index in [2.05, 4.69) is 106 Å². The lowest BCUT2D eigenvalue weighted by molar-refractivity contribution is -0.161. The molecule has 5 atom stereocenters. The van der Waals surface area contributed by atoms with Gasteiger partial charge in [0.1, 0.15) is 25.4 Å². The largest absolute Gasteiger partial charge is 0.472 e. The molecule has 0 radical (unpaired) electrons. The molecule has 0 aliphatic heterocycles. The van der Waals surface area contributed by atoms with Crippen LogP contribution < -0.4 is 0 Å². The Morgan fingerprint density at radius 3 is 0.978 bits per heavy atom. The first-order chi connectivity index (χ1) is 43.2. The highest BCUT2D eigenvalue weighted by atomic mass is 31.2. The molecule has 0 saturated heterocycles. The fraction of sp³-hybridized carbons (Fsp3) is 0.761. The van der Waals surface area contributed by atoms with Crippen LogP contribution in [0.4, 0.5) is 0 Å². The summed E-state index contributed by atoms with van der Waals surface area (Å²) in [6.07, 6.45) is 69.5. The van der Waals surface area contributed by atoms with Crippen molar-refractivity contribution < 1.29 is 75.8 Å². The number of carbonyl (C=O) groups is 3. The summed E-state index contributed by atoms with van der Waals surface area (Å²) in [5.74, 6) is -1.60. The van der Waals surface area contributed by atoms with E-state index in [1.807, 2.05) is 0 Å². The van der Waals surface area contributed by atoms with Crippen LogP contribution in [0.15, 0.2) is 85.1 Å². The Bertz CT molecular complexity index is 1970. The van der Waals surface area contributed by atoms with Gasteiger partial charge in [-0.2, -0.15) is 0 Å². The molecule has 0 bridgehead atoms. The summed E-state index contributed by atoms with van der Waals surface area (Å²) in [7, 11) is -9.77. The van der Waals surface area contributed by atoms with Crippen molar-refractivity contribution in [1.82, 2.24) is 0 Å². The minimum atomic E-state index is -4.92. The topological polar surface area (TPSA) is 231 Å². The number of allylic oxidation sites excluding steroid dienone is 14. The summed E-state index contributed by atoms with van der Waals surface area (Å²) in [5, 5.41) is 20.5. The predicted molar refractivity (Wildman–Crippen MR) is 362 cm³/mol. The summed E-state index contributed by atoms with van der Waals surface area (Å²) >= 11 is 0. The Balaban J connectivity index is 4.38. The minimum Gasteiger partial charge on any atom is -0.463 e. The van der Waals surface area contributed by atoms with Crippen molar-refractivity contribution in [1.29, 1.82) is 0 Å². The number of carbonyl (C=O) groups excluding carboxylic acids is 3. The lowest BCUT2D eigenvalue weighted by Crippen LogP contribution is -2.30. The molecule has 0 saturated carbocycles. The number of aliphatic hydroxyl groups excluding tert-OH is 2. The van der Waals surface area contributed by atoms with E-state index >= 15 is 0 Å². The van der Waals surface area contributed by atoms with E-state index in [-0.39, 0.29) is 19.3 Å². The number of hydrogen-bond donors (Lipinski definition) is 4. The molecular weight excluding hydrogens is 1170 g/mol. The van der Waals surface area contributed by atoms with Gasteiger partial charge >= 0.3 is 33.6 Å². The van der Waals surface area contributed by atoms with E-state index in [9.17, 15) is 43.5 Å². The molecule has 0 rings (SSSR count). The quantitative estimate of drug-likeness (QED) is 0.0146. The van der Waals surface area contributed by atoms with E-state index in [4.69, 9.17) is 32.3 Å². The maximum absolute atomic E-state index is 12.8. The van der Waals surface area contributed by atoms with Crippen LogP contribution in [0.5, 0.6) is 0 Å². The molecule has 0 amide bonds. The van der Waals surface area contributed by atoms with Crippen molar-refractivity contribution in [2.45, 2.75) is 309 Å². The molecule has 516 valence electrons. The smallest absolute Gasteiger partial charge is 0.463 e. The summed E-state index contributed by atoms with van der Waals surface area (Å²) in [6, 6.07) is 0.